The topological polar surface area (TPSA) is 85.8 Å². The second-order valence-electron chi connectivity index (χ2n) is 8.06. The van der Waals surface area contributed by atoms with Crippen molar-refractivity contribution in [2.45, 2.75) is 54.5 Å². The number of ether oxygens (including phenoxy) is 1. The first-order valence-electron chi connectivity index (χ1n) is 13.0. The largest absolute Gasteiger partial charge is 0.478 e. The number of likely N-dealkylation sites (N-methyl/N-ethyl adjacent to an activating group) is 1. The van der Waals surface area contributed by atoms with Gasteiger partial charge in [-0.1, -0.05) is 58.4 Å². The van der Waals surface area contributed by atoms with E-state index in [2.05, 4.69) is 11.7 Å². The number of halogens is 1. The predicted molar refractivity (Wildman–Crippen MR) is 163 cm³/mol. The minimum absolute atomic E-state index is 0.00663. The molecule has 10 heteroatoms. The van der Waals surface area contributed by atoms with Crippen molar-refractivity contribution < 1.29 is 19.1 Å². The summed E-state index contributed by atoms with van der Waals surface area (Å²) in [5.41, 5.74) is 0.929. The van der Waals surface area contributed by atoms with Crippen LogP contribution in [0, 0.1) is 0 Å². The molecule has 0 N–H and O–H groups in total. The predicted octanol–water partition coefficient (Wildman–Crippen LogP) is 5.28. The van der Waals surface area contributed by atoms with Crippen LogP contribution in [-0.2, 0) is 25.7 Å². The number of amides is 2. The van der Waals surface area contributed by atoms with Gasteiger partial charge in [-0.05, 0) is 65.0 Å². The average molecular weight is 568 g/mol. The van der Waals surface area contributed by atoms with Gasteiger partial charge in [0.05, 0.1) is 12.3 Å². The number of hydrogen-bond acceptors (Lipinski definition) is 7. The second kappa shape index (κ2) is 25.1. The van der Waals surface area contributed by atoms with Crippen molar-refractivity contribution in [3.63, 3.8) is 0 Å². The summed E-state index contributed by atoms with van der Waals surface area (Å²) in [6.07, 6.45) is 3.85. The lowest BCUT2D eigenvalue weighted by atomic mass is 10.2. The minimum Gasteiger partial charge on any atom is -0.478 e. The standard InChI is InChI=1S/C22H29ClN4O4.C3H9N.2C2H6/c1-6-7-17(2)31-16-27(14-18-8-10-19(23)11-9-18)20(21(24-3)26(5)15-29)22(30)25(4)12-13-28;1-4(2)3;2*1-2/h7-11,13,15H,3,6,12,14,16H2,1-2,4-5H3;1-3H3;2*1-2H3/b17-7+,21-20+;;;. The van der Waals surface area contributed by atoms with Crippen LogP contribution in [-0.4, -0.2) is 93.4 Å². The average Bonchev–Trinajstić information content (AvgIpc) is 2.92. The van der Waals surface area contributed by atoms with Gasteiger partial charge in [-0.15, -0.1) is 0 Å². The Balaban J connectivity index is -0.00000145. The molecule has 0 aliphatic heterocycles. The molecule has 2 amide bonds. The first-order chi connectivity index (χ1) is 18.5. The first-order valence-corrected chi connectivity index (χ1v) is 13.4. The summed E-state index contributed by atoms with van der Waals surface area (Å²) in [5.74, 6) is 0.235. The maximum absolute atomic E-state index is 13.3. The van der Waals surface area contributed by atoms with Crippen LogP contribution < -0.4 is 0 Å². The number of rotatable bonds is 13. The molecule has 1 aromatic carbocycles. The number of carbonyl (C=O) groups excluding carboxylic acids is 3. The molecule has 0 saturated carbocycles. The van der Waals surface area contributed by atoms with Crippen molar-refractivity contribution in [2.75, 3.05) is 48.5 Å². The lowest BCUT2D eigenvalue weighted by molar-refractivity contribution is -0.130. The molecule has 9 nitrogen and oxygen atoms in total. The summed E-state index contributed by atoms with van der Waals surface area (Å²) in [7, 11) is 8.95. The fourth-order valence-electron chi connectivity index (χ4n) is 2.68. The van der Waals surface area contributed by atoms with Gasteiger partial charge in [0.25, 0.3) is 5.91 Å². The molecular formula is C29H50ClN5O4. The Kier molecular flexibility index (Phi) is 26.0. The van der Waals surface area contributed by atoms with Crippen molar-refractivity contribution in [3.8, 4) is 0 Å². The van der Waals surface area contributed by atoms with Crippen molar-refractivity contribution in [1.82, 2.24) is 19.6 Å². The monoisotopic (exact) mass is 567 g/mol. The molecule has 0 atom stereocenters. The number of carbonyl (C=O) groups is 3. The SMILES string of the molecule is C=N/C(=C(/C(=O)N(C)CC=O)N(CO/C(C)=C/CC)Cc1ccc(Cl)cc1)N(C)C=O.CC.CC.CN(C)C. The fourth-order valence-corrected chi connectivity index (χ4v) is 2.80. The van der Waals surface area contributed by atoms with Gasteiger partial charge >= 0.3 is 0 Å². The van der Waals surface area contributed by atoms with Crippen molar-refractivity contribution in [3.05, 3.63) is 58.2 Å². The Morgan fingerprint density at radius 3 is 1.95 bits per heavy atom. The molecule has 222 valence electrons. The second-order valence-corrected chi connectivity index (χ2v) is 8.50. The van der Waals surface area contributed by atoms with Crippen LogP contribution in [0.4, 0.5) is 0 Å². The Morgan fingerprint density at radius 1 is 1.03 bits per heavy atom. The van der Waals surface area contributed by atoms with E-state index >= 15 is 0 Å². The smallest absolute Gasteiger partial charge is 0.274 e. The fraction of sp³-hybridized carbons (Fsp3) is 0.517. The molecule has 0 saturated heterocycles. The molecule has 0 aliphatic rings. The number of aliphatic imine (C=N–C) groups is 1. The molecule has 0 spiro atoms. The van der Waals surface area contributed by atoms with Gasteiger partial charge in [0, 0.05) is 25.7 Å². The number of aldehydes is 1. The van der Waals surface area contributed by atoms with Gasteiger partial charge in [-0.25, -0.2) is 4.99 Å². The van der Waals surface area contributed by atoms with E-state index in [0.29, 0.717) is 23.5 Å². The lowest BCUT2D eigenvalue weighted by Crippen LogP contribution is -2.40. The summed E-state index contributed by atoms with van der Waals surface area (Å²) in [6.45, 7) is 15.5. The number of hydrogen-bond donors (Lipinski definition) is 0. The van der Waals surface area contributed by atoms with Gasteiger partial charge in [0.2, 0.25) is 6.41 Å². The van der Waals surface area contributed by atoms with E-state index < -0.39 is 5.91 Å². The molecule has 0 unspecified atom stereocenters. The summed E-state index contributed by atoms with van der Waals surface area (Å²) in [4.78, 5) is 45.6. The van der Waals surface area contributed by atoms with E-state index in [1.807, 2.05) is 85.8 Å². The lowest BCUT2D eigenvalue weighted by Gasteiger charge is -2.31. The highest BCUT2D eigenvalue weighted by Crippen LogP contribution is 2.21. The van der Waals surface area contributed by atoms with Crippen LogP contribution in [0.25, 0.3) is 0 Å². The number of benzene rings is 1. The van der Waals surface area contributed by atoms with E-state index in [4.69, 9.17) is 16.3 Å². The zero-order valence-electron chi connectivity index (χ0n) is 25.8. The summed E-state index contributed by atoms with van der Waals surface area (Å²) < 4.78 is 5.84. The molecular weight excluding hydrogens is 518 g/mol. The molecule has 1 aromatic rings. The van der Waals surface area contributed by atoms with E-state index in [9.17, 15) is 14.4 Å². The van der Waals surface area contributed by atoms with Crippen LogP contribution >= 0.6 is 11.6 Å². The van der Waals surface area contributed by atoms with E-state index in [1.165, 1.54) is 19.0 Å². The summed E-state index contributed by atoms with van der Waals surface area (Å²) in [6, 6.07) is 7.13. The van der Waals surface area contributed by atoms with Crippen molar-refractivity contribution in [2.24, 2.45) is 4.99 Å². The molecule has 0 bridgehead atoms. The maximum Gasteiger partial charge on any atom is 0.274 e. The Labute approximate surface area is 241 Å². The van der Waals surface area contributed by atoms with Gasteiger partial charge in [0.15, 0.2) is 12.6 Å². The molecule has 0 fully saturated rings. The van der Waals surface area contributed by atoms with Crippen molar-refractivity contribution in [1.29, 1.82) is 0 Å². The maximum atomic E-state index is 13.3. The van der Waals surface area contributed by atoms with Gasteiger partial charge in [0.1, 0.15) is 12.0 Å². The molecule has 0 radical (unpaired) electrons. The molecule has 0 aromatic heterocycles. The van der Waals surface area contributed by atoms with Crippen molar-refractivity contribution >= 4 is 36.9 Å². The highest BCUT2D eigenvalue weighted by molar-refractivity contribution is 6.30. The van der Waals surface area contributed by atoms with Crippen LogP contribution in [0.2, 0.25) is 5.02 Å². The van der Waals surface area contributed by atoms with Gasteiger partial charge < -0.3 is 29.1 Å². The van der Waals surface area contributed by atoms with Crippen LogP contribution in [0.5, 0.6) is 0 Å². The molecule has 0 heterocycles. The first kappa shape index (κ1) is 40.3. The Hall–Kier alpha value is -3.17. The van der Waals surface area contributed by atoms with Gasteiger partial charge in [-0.3, -0.25) is 9.59 Å². The van der Waals surface area contributed by atoms with Gasteiger partial charge in [-0.2, -0.15) is 0 Å². The Morgan fingerprint density at radius 2 is 1.54 bits per heavy atom. The van der Waals surface area contributed by atoms with E-state index in [0.717, 1.165) is 16.9 Å². The highest BCUT2D eigenvalue weighted by atomic mass is 35.5. The van der Waals surface area contributed by atoms with E-state index in [-0.39, 0.29) is 31.3 Å². The zero-order valence-corrected chi connectivity index (χ0v) is 26.6. The number of nitrogens with zero attached hydrogens (tertiary/aromatic N) is 5. The zero-order chi connectivity index (χ0) is 31.0. The third-order valence-electron chi connectivity index (χ3n) is 4.29. The van der Waals surface area contributed by atoms with E-state index in [1.54, 1.807) is 17.0 Å². The summed E-state index contributed by atoms with van der Waals surface area (Å²) in [5, 5.41) is 0.583. The normalized spacial score (nSPS) is 10.6. The van der Waals surface area contributed by atoms with Crippen LogP contribution in [0.1, 0.15) is 53.5 Å². The Bertz CT molecular complexity index is 883. The highest BCUT2D eigenvalue weighted by Gasteiger charge is 2.27. The van der Waals surface area contributed by atoms with Crippen LogP contribution in [0.3, 0.4) is 0 Å². The molecule has 39 heavy (non-hydrogen) atoms. The van der Waals surface area contributed by atoms with Crippen LogP contribution in [0.15, 0.2) is 52.6 Å². The third kappa shape index (κ3) is 17.9. The quantitative estimate of drug-likeness (QED) is 0.106. The summed E-state index contributed by atoms with van der Waals surface area (Å²) >= 11 is 5.99. The minimum atomic E-state index is -0.502. The third-order valence-corrected chi connectivity index (χ3v) is 4.55. The molecule has 1 rings (SSSR count). The molecule has 0 aliphatic carbocycles. The number of allylic oxidation sites excluding steroid dienone is 2.